The van der Waals surface area contributed by atoms with E-state index in [1.165, 1.54) is 10.5 Å². The van der Waals surface area contributed by atoms with Crippen LogP contribution in [0, 0.1) is 0 Å². The summed E-state index contributed by atoms with van der Waals surface area (Å²) in [7, 11) is 0. The number of amidine groups is 1. The molecule has 0 unspecified atom stereocenters. The van der Waals surface area contributed by atoms with Crippen LogP contribution in [0.3, 0.4) is 0 Å². The molecule has 0 radical (unpaired) electrons. The van der Waals surface area contributed by atoms with Crippen molar-refractivity contribution in [3.8, 4) is 0 Å². The summed E-state index contributed by atoms with van der Waals surface area (Å²) in [5, 5.41) is 3.26. The molecule has 1 aromatic carbocycles. The van der Waals surface area contributed by atoms with Gasteiger partial charge in [-0.2, -0.15) is 0 Å². The normalized spacial score (nSPS) is 15.3. The fraction of sp³-hybridized carbons (Fsp3) is 0.300. The third-order valence-corrected chi connectivity index (χ3v) is 2.74. The molecular formula is C10H12N2S. The lowest BCUT2D eigenvalue weighted by Gasteiger charge is -2.03. The summed E-state index contributed by atoms with van der Waals surface area (Å²) in [4.78, 5) is 5.66. The second-order valence-electron chi connectivity index (χ2n) is 2.89. The van der Waals surface area contributed by atoms with Crippen molar-refractivity contribution in [2.75, 3.05) is 19.3 Å². The second-order valence-corrected chi connectivity index (χ2v) is 3.77. The minimum Gasteiger partial charge on any atom is -0.368 e. The molecule has 0 amide bonds. The molecule has 3 heteroatoms. The number of nitrogens with one attached hydrogen (secondary N) is 1. The van der Waals surface area contributed by atoms with Crippen LogP contribution < -0.4 is 5.32 Å². The van der Waals surface area contributed by atoms with Crippen LogP contribution in [-0.2, 0) is 0 Å². The molecule has 0 fully saturated rings. The lowest BCUT2D eigenvalue weighted by atomic mass is 10.2. The van der Waals surface area contributed by atoms with E-state index in [4.69, 9.17) is 0 Å². The van der Waals surface area contributed by atoms with E-state index in [2.05, 4.69) is 40.8 Å². The highest BCUT2D eigenvalue weighted by Crippen LogP contribution is 2.16. The van der Waals surface area contributed by atoms with Crippen molar-refractivity contribution >= 4 is 17.6 Å². The van der Waals surface area contributed by atoms with Gasteiger partial charge in [-0.15, -0.1) is 11.8 Å². The maximum absolute atomic E-state index is 4.38. The van der Waals surface area contributed by atoms with Gasteiger partial charge in [0.15, 0.2) is 0 Å². The Kier molecular flexibility index (Phi) is 2.54. The van der Waals surface area contributed by atoms with Gasteiger partial charge in [0.25, 0.3) is 0 Å². The minimum absolute atomic E-state index is 0.902. The fourth-order valence-electron chi connectivity index (χ4n) is 1.36. The number of hydrogen-bond acceptors (Lipinski definition) is 3. The predicted octanol–water partition coefficient (Wildman–Crippen LogP) is 1.76. The van der Waals surface area contributed by atoms with Gasteiger partial charge in [-0.05, 0) is 18.4 Å². The Balaban J connectivity index is 2.29. The van der Waals surface area contributed by atoms with Crippen molar-refractivity contribution in [3.63, 3.8) is 0 Å². The number of aliphatic imine (C=N–C) groups is 1. The summed E-state index contributed by atoms with van der Waals surface area (Å²) in [5.41, 5.74) is 1.20. The lowest BCUT2D eigenvalue weighted by molar-refractivity contribution is 0.960. The van der Waals surface area contributed by atoms with E-state index in [1.807, 2.05) is 0 Å². The van der Waals surface area contributed by atoms with Gasteiger partial charge in [-0.3, -0.25) is 4.99 Å². The van der Waals surface area contributed by atoms with Crippen LogP contribution in [0.5, 0.6) is 0 Å². The third kappa shape index (κ3) is 1.86. The molecule has 2 rings (SSSR count). The molecule has 0 aromatic heterocycles. The highest BCUT2D eigenvalue weighted by atomic mass is 32.2. The highest BCUT2D eigenvalue weighted by molar-refractivity contribution is 7.98. The smallest absolute Gasteiger partial charge is 0.128 e. The van der Waals surface area contributed by atoms with Crippen LogP contribution in [0.25, 0.3) is 0 Å². The van der Waals surface area contributed by atoms with Crippen molar-refractivity contribution in [3.05, 3.63) is 29.8 Å². The van der Waals surface area contributed by atoms with Crippen molar-refractivity contribution in [2.45, 2.75) is 4.90 Å². The number of nitrogens with zero attached hydrogens (tertiary/aromatic N) is 1. The van der Waals surface area contributed by atoms with Crippen LogP contribution in [0.15, 0.2) is 34.2 Å². The van der Waals surface area contributed by atoms with Crippen molar-refractivity contribution < 1.29 is 0 Å². The van der Waals surface area contributed by atoms with Crippen LogP contribution in [0.2, 0.25) is 0 Å². The molecule has 68 valence electrons. The Bertz CT molecular complexity index is 333. The standard InChI is InChI=1S/C10H12N2S/c1-13-9-4-2-3-8(7-9)10-11-5-6-12-10/h2-4,7H,5-6H2,1H3,(H,11,12). The Labute approximate surface area is 82.5 Å². The maximum Gasteiger partial charge on any atom is 0.128 e. The predicted molar refractivity (Wildman–Crippen MR) is 57.6 cm³/mol. The number of benzene rings is 1. The molecule has 0 bridgehead atoms. The monoisotopic (exact) mass is 192 g/mol. The third-order valence-electron chi connectivity index (χ3n) is 2.02. The zero-order chi connectivity index (χ0) is 9.10. The van der Waals surface area contributed by atoms with Crippen LogP contribution in [0.4, 0.5) is 0 Å². The minimum atomic E-state index is 0.902. The zero-order valence-corrected chi connectivity index (χ0v) is 8.40. The van der Waals surface area contributed by atoms with Gasteiger partial charge in [0.2, 0.25) is 0 Å². The first-order chi connectivity index (χ1) is 6.40. The van der Waals surface area contributed by atoms with Crippen LogP contribution in [0.1, 0.15) is 5.56 Å². The molecule has 0 atom stereocenters. The van der Waals surface area contributed by atoms with Crippen molar-refractivity contribution in [1.29, 1.82) is 0 Å². The molecule has 1 aliphatic rings. The SMILES string of the molecule is CSc1cccc(C2=NCCN2)c1. The molecule has 2 nitrogen and oxygen atoms in total. The number of hydrogen-bond donors (Lipinski definition) is 1. The Morgan fingerprint density at radius 2 is 2.38 bits per heavy atom. The number of thioether (sulfide) groups is 1. The van der Waals surface area contributed by atoms with Gasteiger partial charge in [0.1, 0.15) is 5.84 Å². The summed E-state index contributed by atoms with van der Waals surface area (Å²) in [6.45, 7) is 1.87. The lowest BCUT2D eigenvalue weighted by Crippen LogP contribution is -2.19. The summed E-state index contributed by atoms with van der Waals surface area (Å²) in [6.07, 6.45) is 2.09. The molecule has 13 heavy (non-hydrogen) atoms. The number of rotatable bonds is 2. The van der Waals surface area contributed by atoms with Crippen LogP contribution in [-0.4, -0.2) is 25.2 Å². The van der Waals surface area contributed by atoms with E-state index in [0.717, 1.165) is 18.9 Å². The van der Waals surface area contributed by atoms with Crippen LogP contribution >= 0.6 is 11.8 Å². The topological polar surface area (TPSA) is 24.4 Å². The van der Waals surface area contributed by atoms with Crippen molar-refractivity contribution in [1.82, 2.24) is 5.32 Å². The highest BCUT2D eigenvalue weighted by Gasteiger charge is 2.07. The van der Waals surface area contributed by atoms with E-state index >= 15 is 0 Å². The molecule has 0 spiro atoms. The molecule has 0 aliphatic carbocycles. The first kappa shape index (κ1) is 8.63. The van der Waals surface area contributed by atoms with E-state index in [1.54, 1.807) is 11.8 Å². The molecule has 1 N–H and O–H groups in total. The Morgan fingerprint density at radius 1 is 1.46 bits per heavy atom. The maximum atomic E-state index is 4.38. The van der Waals surface area contributed by atoms with Gasteiger partial charge in [-0.25, -0.2) is 0 Å². The average molecular weight is 192 g/mol. The van der Waals surface area contributed by atoms with Gasteiger partial charge in [-0.1, -0.05) is 12.1 Å². The van der Waals surface area contributed by atoms with E-state index < -0.39 is 0 Å². The zero-order valence-electron chi connectivity index (χ0n) is 7.58. The van der Waals surface area contributed by atoms with Gasteiger partial charge < -0.3 is 5.32 Å². The molecule has 1 heterocycles. The fourth-order valence-corrected chi connectivity index (χ4v) is 1.82. The first-order valence-electron chi connectivity index (χ1n) is 4.33. The van der Waals surface area contributed by atoms with Gasteiger partial charge >= 0.3 is 0 Å². The largest absolute Gasteiger partial charge is 0.368 e. The Hall–Kier alpha value is -0.960. The first-order valence-corrected chi connectivity index (χ1v) is 5.55. The van der Waals surface area contributed by atoms with E-state index in [9.17, 15) is 0 Å². The van der Waals surface area contributed by atoms with Gasteiger partial charge in [0.05, 0.1) is 6.54 Å². The summed E-state index contributed by atoms with van der Waals surface area (Å²) in [6, 6.07) is 8.45. The summed E-state index contributed by atoms with van der Waals surface area (Å²) < 4.78 is 0. The van der Waals surface area contributed by atoms with Gasteiger partial charge in [0, 0.05) is 17.0 Å². The molecular weight excluding hydrogens is 180 g/mol. The average Bonchev–Trinajstić information content (AvgIpc) is 2.71. The van der Waals surface area contributed by atoms with E-state index in [0.29, 0.717) is 0 Å². The quantitative estimate of drug-likeness (QED) is 0.722. The molecule has 0 saturated heterocycles. The molecule has 0 saturated carbocycles. The second kappa shape index (κ2) is 3.83. The molecule has 1 aliphatic heterocycles. The summed E-state index contributed by atoms with van der Waals surface area (Å²) >= 11 is 1.76. The van der Waals surface area contributed by atoms with Crippen molar-refractivity contribution in [2.24, 2.45) is 4.99 Å². The molecule has 1 aromatic rings. The summed E-state index contributed by atoms with van der Waals surface area (Å²) in [5.74, 6) is 1.04. The Morgan fingerprint density at radius 3 is 3.08 bits per heavy atom. The van der Waals surface area contributed by atoms with E-state index in [-0.39, 0.29) is 0 Å².